The summed E-state index contributed by atoms with van der Waals surface area (Å²) < 4.78 is 0. The summed E-state index contributed by atoms with van der Waals surface area (Å²) in [7, 11) is 0. The number of unbranched alkanes of at least 4 members (excludes halogenated alkanes) is 4. The van der Waals surface area contributed by atoms with Gasteiger partial charge in [0.2, 0.25) is 0 Å². The monoisotopic (exact) mass is 377 g/mol. The maximum Gasteiger partial charge on any atom is 0.105 e. The summed E-state index contributed by atoms with van der Waals surface area (Å²) in [6.07, 6.45) is 27.9. The first-order chi connectivity index (χ1) is 13.0. The Hall–Kier alpha value is -1.16. The van der Waals surface area contributed by atoms with Gasteiger partial charge in [0.05, 0.1) is 6.61 Å². The summed E-state index contributed by atoms with van der Waals surface area (Å²) in [5, 5.41) is 22.1. The maximum absolute atomic E-state index is 9.87. The van der Waals surface area contributed by atoms with Crippen LogP contribution in [0.3, 0.4) is 0 Å². The van der Waals surface area contributed by atoms with Crippen molar-refractivity contribution in [1.82, 2.24) is 5.32 Å². The predicted molar refractivity (Wildman–Crippen MR) is 119 cm³/mol. The lowest BCUT2D eigenvalue weighted by molar-refractivity contribution is 0.0669. The molecular formula is C24H43NO2. The molecule has 3 nitrogen and oxygen atoms in total. The van der Waals surface area contributed by atoms with E-state index < -0.39 is 11.8 Å². The van der Waals surface area contributed by atoms with Crippen molar-refractivity contribution in [3.05, 3.63) is 48.6 Å². The molecule has 0 heterocycles. The Morgan fingerprint density at radius 2 is 1.26 bits per heavy atom. The lowest BCUT2D eigenvalue weighted by Gasteiger charge is -2.27. The molecule has 0 bridgehead atoms. The van der Waals surface area contributed by atoms with Crippen molar-refractivity contribution in [1.29, 1.82) is 0 Å². The highest BCUT2D eigenvalue weighted by atomic mass is 16.3. The number of rotatable bonds is 17. The molecule has 3 N–H and O–H groups in total. The molecular weight excluding hydrogens is 334 g/mol. The predicted octanol–water partition coefficient (Wildman–Crippen LogP) is 5.81. The van der Waals surface area contributed by atoms with Gasteiger partial charge < -0.3 is 10.2 Å². The zero-order valence-corrected chi connectivity index (χ0v) is 17.9. The zero-order chi connectivity index (χ0) is 20.2. The fraction of sp³-hybridized carbons (Fsp3) is 0.667. The van der Waals surface area contributed by atoms with E-state index in [1.165, 1.54) is 25.7 Å². The minimum absolute atomic E-state index is 0.0151. The molecule has 0 amide bonds. The van der Waals surface area contributed by atoms with Crippen molar-refractivity contribution >= 4 is 0 Å². The number of hydrogen-bond acceptors (Lipinski definition) is 3. The van der Waals surface area contributed by atoms with Crippen molar-refractivity contribution in [2.45, 2.75) is 96.7 Å². The van der Waals surface area contributed by atoms with Gasteiger partial charge >= 0.3 is 0 Å². The van der Waals surface area contributed by atoms with Gasteiger partial charge in [-0.05, 0) is 65.2 Å². The van der Waals surface area contributed by atoms with Gasteiger partial charge in [0.25, 0.3) is 0 Å². The Balaban J connectivity index is 3.56. The highest BCUT2D eigenvalue weighted by Crippen LogP contribution is 2.06. The second kappa shape index (κ2) is 18.2. The van der Waals surface area contributed by atoms with E-state index >= 15 is 0 Å². The number of aliphatic hydroxyl groups is 2. The van der Waals surface area contributed by atoms with Crippen LogP contribution in [0.2, 0.25) is 0 Å². The molecule has 0 fully saturated rings. The van der Waals surface area contributed by atoms with E-state index in [0.717, 1.165) is 32.1 Å². The number of aliphatic hydroxyl groups excluding tert-OH is 2. The van der Waals surface area contributed by atoms with Gasteiger partial charge in [-0.2, -0.15) is 0 Å². The average molecular weight is 378 g/mol. The Labute approximate surface area is 168 Å². The summed E-state index contributed by atoms with van der Waals surface area (Å²) >= 11 is 0. The summed E-state index contributed by atoms with van der Waals surface area (Å²) in [4.78, 5) is 0. The molecule has 0 aliphatic carbocycles. The van der Waals surface area contributed by atoms with Crippen molar-refractivity contribution < 1.29 is 10.2 Å². The Bertz CT molecular complexity index is 436. The van der Waals surface area contributed by atoms with Crippen molar-refractivity contribution in [3.63, 3.8) is 0 Å². The quantitative estimate of drug-likeness (QED) is 0.170. The molecule has 156 valence electrons. The minimum atomic E-state index is -0.557. The molecule has 0 spiro atoms. The maximum atomic E-state index is 9.87. The Morgan fingerprint density at radius 1 is 0.778 bits per heavy atom. The second-order valence-electron chi connectivity index (χ2n) is 7.72. The van der Waals surface area contributed by atoms with Crippen LogP contribution in [0.4, 0.5) is 0 Å². The van der Waals surface area contributed by atoms with Crippen LogP contribution < -0.4 is 5.32 Å². The molecule has 3 heteroatoms. The lowest BCUT2D eigenvalue weighted by Crippen LogP contribution is -2.48. The van der Waals surface area contributed by atoms with Crippen molar-refractivity contribution in [2.24, 2.45) is 0 Å². The van der Waals surface area contributed by atoms with Crippen LogP contribution in [-0.2, 0) is 0 Å². The van der Waals surface area contributed by atoms with Gasteiger partial charge in [-0.15, -0.1) is 0 Å². The molecule has 0 aromatic carbocycles. The molecule has 1 unspecified atom stereocenters. The fourth-order valence-electron chi connectivity index (χ4n) is 2.56. The number of allylic oxidation sites excluding steroid dienone is 8. The van der Waals surface area contributed by atoms with Gasteiger partial charge in [0.15, 0.2) is 0 Å². The van der Waals surface area contributed by atoms with Crippen molar-refractivity contribution in [2.75, 3.05) is 6.61 Å². The second-order valence-corrected chi connectivity index (χ2v) is 7.72. The van der Waals surface area contributed by atoms with Crippen LogP contribution in [0.25, 0.3) is 0 Å². The molecule has 0 saturated heterocycles. The van der Waals surface area contributed by atoms with Gasteiger partial charge in [0, 0.05) is 5.54 Å². The molecule has 0 saturated carbocycles. The van der Waals surface area contributed by atoms with Crippen LogP contribution in [0, 0.1) is 0 Å². The Morgan fingerprint density at radius 3 is 1.74 bits per heavy atom. The summed E-state index contributed by atoms with van der Waals surface area (Å²) in [6, 6.07) is 0. The molecule has 1 atom stereocenters. The van der Waals surface area contributed by atoms with Crippen LogP contribution in [0.15, 0.2) is 48.6 Å². The molecule has 27 heavy (non-hydrogen) atoms. The topological polar surface area (TPSA) is 52.5 Å². The average Bonchev–Trinajstić information content (AvgIpc) is 2.64. The van der Waals surface area contributed by atoms with Gasteiger partial charge in [-0.3, -0.25) is 5.32 Å². The molecule has 0 aliphatic heterocycles. The van der Waals surface area contributed by atoms with E-state index in [9.17, 15) is 5.11 Å². The molecule has 0 radical (unpaired) electrons. The number of nitrogens with one attached hydrogen (secondary N) is 1. The van der Waals surface area contributed by atoms with Crippen LogP contribution in [0.1, 0.15) is 85.0 Å². The highest BCUT2D eigenvalue weighted by molar-refractivity contribution is 4.99. The first kappa shape index (κ1) is 25.8. The zero-order valence-electron chi connectivity index (χ0n) is 17.9. The van der Waals surface area contributed by atoms with E-state index in [1.807, 2.05) is 13.8 Å². The molecule has 0 aromatic heterocycles. The lowest BCUT2D eigenvalue weighted by atomic mass is 10.1. The first-order valence-corrected chi connectivity index (χ1v) is 10.7. The van der Waals surface area contributed by atoms with Gasteiger partial charge in [0.1, 0.15) is 6.23 Å². The van der Waals surface area contributed by atoms with Crippen LogP contribution in [-0.4, -0.2) is 28.6 Å². The van der Waals surface area contributed by atoms with E-state index in [-0.39, 0.29) is 6.61 Å². The van der Waals surface area contributed by atoms with Gasteiger partial charge in [-0.25, -0.2) is 0 Å². The summed E-state index contributed by atoms with van der Waals surface area (Å²) in [5.41, 5.74) is -0.431. The molecule has 0 aliphatic rings. The highest BCUT2D eigenvalue weighted by Gasteiger charge is 2.18. The van der Waals surface area contributed by atoms with Crippen LogP contribution >= 0.6 is 0 Å². The summed E-state index contributed by atoms with van der Waals surface area (Å²) in [5.74, 6) is 0. The summed E-state index contributed by atoms with van der Waals surface area (Å²) in [6.45, 7) is 6.01. The minimum Gasteiger partial charge on any atom is -0.394 e. The third-order valence-corrected chi connectivity index (χ3v) is 4.26. The normalized spacial score (nSPS) is 14.4. The molecule has 0 aromatic rings. The van der Waals surface area contributed by atoms with E-state index in [4.69, 9.17) is 5.11 Å². The number of hydrogen-bond donors (Lipinski definition) is 3. The molecule has 0 rings (SSSR count). The first-order valence-electron chi connectivity index (χ1n) is 10.7. The fourth-order valence-corrected chi connectivity index (χ4v) is 2.56. The largest absolute Gasteiger partial charge is 0.394 e. The van der Waals surface area contributed by atoms with Gasteiger partial charge in [-0.1, -0.05) is 68.4 Å². The smallest absolute Gasteiger partial charge is 0.105 e. The van der Waals surface area contributed by atoms with Crippen molar-refractivity contribution in [3.8, 4) is 0 Å². The third kappa shape index (κ3) is 19.4. The van der Waals surface area contributed by atoms with E-state index in [1.54, 1.807) is 0 Å². The SMILES string of the molecule is CCCCC/C=C\C/C=C\C/C=C\C/C=C\CCCC(O)NC(C)(C)CO. The van der Waals surface area contributed by atoms with E-state index in [2.05, 4.69) is 60.8 Å². The third-order valence-electron chi connectivity index (χ3n) is 4.26. The standard InChI is InChI=1S/C24H43NO2/c1-4-5-6-7-8-9-10-11-12-13-14-15-16-17-18-19-20-21-23(27)25-24(2,3)22-26/h8-9,11-12,14-15,17-18,23,25-27H,4-7,10,13,16,19-22H2,1-3H3/b9-8-,12-11-,15-14-,18-17-. The van der Waals surface area contributed by atoms with E-state index in [0.29, 0.717) is 6.42 Å². The Kier molecular flexibility index (Phi) is 17.4. The van der Waals surface area contributed by atoms with Crippen LogP contribution in [0.5, 0.6) is 0 Å².